The third-order valence-corrected chi connectivity index (χ3v) is 6.66. The smallest absolute Gasteiger partial charge is 0.255 e. The van der Waals surface area contributed by atoms with E-state index in [9.17, 15) is 18.0 Å². The number of nitrogens with one attached hydrogen (secondary N) is 2. The van der Waals surface area contributed by atoms with Crippen LogP contribution in [0.1, 0.15) is 35.8 Å². The zero-order chi connectivity index (χ0) is 20.5. The Hall–Kier alpha value is -1.98. The molecule has 1 unspecified atom stereocenters. The maximum atomic E-state index is 12.9. The van der Waals surface area contributed by atoms with Crippen LogP contribution in [-0.2, 0) is 26.1 Å². The highest BCUT2D eigenvalue weighted by molar-refractivity contribution is 7.88. The Morgan fingerprint density at radius 3 is 2.68 bits per heavy atom. The van der Waals surface area contributed by atoms with Crippen LogP contribution < -0.4 is 10.6 Å². The van der Waals surface area contributed by atoms with E-state index < -0.39 is 27.5 Å². The van der Waals surface area contributed by atoms with Gasteiger partial charge < -0.3 is 15.4 Å². The predicted molar refractivity (Wildman–Crippen MR) is 101 cm³/mol. The minimum absolute atomic E-state index is 0.111. The van der Waals surface area contributed by atoms with Crippen molar-refractivity contribution in [1.82, 2.24) is 24.7 Å². The lowest BCUT2D eigenvalue weighted by atomic mass is 9.90. The van der Waals surface area contributed by atoms with Gasteiger partial charge in [0.2, 0.25) is 15.9 Å². The lowest BCUT2D eigenvalue weighted by molar-refractivity contribution is -0.125. The molecule has 11 heteroatoms. The summed E-state index contributed by atoms with van der Waals surface area (Å²) in [5.41, 5.74) is 0.376. The lowest BCUT2D eigenvalue weighted by Gasteiger charge is -2.38. The summed E-state index contributed by atoms with van der Waals surface area (Å²) in [7, 11) is -3.56. The van der Waals surface area contributed by atoms with Gasteiger partial charge in [-0.2, -0.15) is 9.40 Å². The Kier molecular flexibility index (Phi) is 5.78. The standard InChI is InChI=1S/C17H27N5O5S/c1-4-22-12(2)13(9-18-22)15(23)19-14-10-21(28(3,25)26)11-17(20-16(14)24)5-7-27-8-6-17/h9,14H,4-8,10-11H2,1-3H3,(H,19,23)(H,20,24). The third-order valence-electron chi connectivity index (χ3n) is 5.44. The maximum absolute atomic E-state index is 12.9. The molecule has 2 amide bonds. The van der Waals surface area contributed by atoms with Gasteiger partial charge in [-0.25, -0.2) is 8.42 Å². The van der Waals surface area contributed by atoms with Gasteiger partial charge in [0.15, 0.2) is 0 Å². The summed E-state index contributed by atoms with van der Waals surface area (Å²) in [6.45, 7) is 5.26. The van der Waals surface area contributed by atoms with Gasteiger partial charge in [-0.3, -0.25) is 14.3 Å². The van der Waals surface area contributed by atoms with Gasteiger partial charge in [0, 0.05) is 38.5 Å². The number of aromatic nitrogens is 2. The van der Waals surface area contributed by atoms with E-state index in [4.69, 9.17) is 4.74 Å². The molecular weight excluding hydrogens is 386 g/mol. The normalized spacial score (nSPS) is 23.2. The van der Waals surface area contributed by atoms with Crippen molar-refractivity contribution in [2.75, 3.05) is 32.6 Å². The van der Waals surface area contributed by atoms with E-state index in [0.717, 1.165) is 6.26 Å². The van der Waals surface area contributed by atoms with E-state index in [1.54, 1.807) is 11.6 Å². The van der Waals surface area contributed by atoms with Crippen molar-refractivity contribution in [1.29, 1.82) is 0 Å². The van der Waals surface area contributed by atoms with E-state index in [1.165, 1.54) is 10.5 Å². The highest BCUT2D eigenvalue weighted by atomic mass is 32.2. The Morgan fingerprint density at radius 1 is 1.43 bits per heavy atom. The fraction of sp³-hybridized carbons (Fsp3) is 0.706. The molecule has 1 spiro atoms. The number of rotatable bonds is 4. The van der Waals surface area contributed by atoms with Crippen molar-refractivity contribution in [3.8, 4) is 0 Å². The SMILES string of the molecule is CCn1ncc(C(=O)NC2CN(S(C)(=O)=O)CC3(CCOCC3)NC2=O)c1C. The van der Waals surface area contributed by atoms with Gasteiger partial charge in [-0.15, -0.1) is 0 Å². The van der Waals surface area contributed by atoms with Crippen molar-refractivity contribution in [3.05, 3.63) is 17.5 Å². The molecule has 2 fully saturated rings. The number of carbonyl (C=O) groups is 2. The van der Waals surface area contributed by atoms with Crippen molar-refractivity contribution in [2.45, 2.75) is 44.8 Å². The second-order valence-corrected chi connectivity index (χ2v) is 9.41. The third kappa shape index (κ3) is 4.20. The number of hydrogen-bond donors (Lipinski definition) is 2. The van der Waals surface area contributed by atoms with Crippen molar-refractivity contribution < 1.29 is 22.7 Å². The van der Waals surface area contributed by atoms with Crippen LogP contribution in [0.4, 0.5) is 0 Å². The topological polar surface area (TPSA) is 123 Å². The highest BCUT2D eigenvalue weighted by Crippen LogP contribution is 2.25. The molecular formula is C17H27N5O5S. The molecule has 156 valence electrons. The zero-order valence-electron chi connectivity index (χ0n) is 16.4. The second-order valence-electron chi connectivity index (χ2n) is 7.42. The molecule has 28 heavy (non-hydrogen) atoms. The number of nitrogens with zero attached hydrogens (tertiary/aromatic N) is 3. The first-order valence-corrected chi connectivity index (χ1v) is 11.2. The van der Waals surface area contributed by atoms with E-state index in [-0.39, 0.29) is 19.0 Å². The number of ether oxygens (including phenoxy) is 1. The maximum Gasteiger partial charge on any atom is 0.255 e. The summed E-state index contributed by atoms with van der Waals surface area (Å²) in [5, 5.41) is 9.80. The van der Waals surface area contributed by atoms with Crippen LogP contribution >= 0.6 is 0 Å². The van der Waals surface area contributed by atoms with E-state index in [1.807, 2.05) is 6.92 Å². The molecule has 10 nitrogen and oxygen atoms in total. The summed E-state index contributed by atoms with van der Waals surface area (Å²) >= 11 is 0. The Bertz CT molecular complexity index is 859. The quantitative estimate of drug-likeness (QED) is 0.670. The number of amides is 2. The van der Waals surface area contributed by atoms with Crippen LogP contribution in [-0.4, -0.2) is 78.5 Å². The Labute approximate surface area is 164 Å². The number of aryl methyl sites for hydroxylation is 1. The Morgan fingerprint density at radius 2 is 2.11 bits per heavy atom. The van der Waals surface area contributed by atoms with Crippen LogP contribution in [0.5, 0.6) is 0 Å². The summed E-state index contributed by atoms with van der Waals surface area (Å²) in [4.78, 5) is 25.6. The number of hydrogen-bond acceptors (Lipinski definition) is 6. The molecule has 0 saturated carbocycles. The van der Waals surface area contributed by atoms with Crippen molar-refractivity contribution in [3.63, 3.8) is 0 Å². The second kappa shape index (κ2) is 7.80. The summed E-state index contributed by atoms with van der Waals surface area (Å²) in [5.74, 6) is -0.837. The fourth-order valence-electron chi connectivity index (χ4n) is 3.71. The molecule has 1 atom stereocenters. The molecule has 2 aliphatic heterocycles. The monoisotopic (exact) mass is 413 g/mol. The largest absolute Gasteiger partial charge is 0.381 e. The molecule has 2 N–H and O–H groups in total. The summed E-state index contributed by atoms with van der Waals surface area (Å²) in [6.07, 6.45) is 3.61. The molecule has 1 aromatic heterocycles. The molecule has 0 aromatic carbocycles. The van der Waals surface area contributed by atoms with Crippen molar-refractivity contribution in [2.24, 2.45) is 0 Å². The van der Waals surface area contributed by atoms with E-state index in [2.05, 4.69) is 15.7 Å². The average molecular weight is 414 g/mol. The van der Waals surface area contributed by atoms with E-state index in [0.29, 0.717) is 43.9 Å². The first-order chi connectivity index (χ1) is 13.1. The van der Waals surface area contributed by atoms with E-state index >= 15 is 0 Å². The molecule has 0 radical (unpaired) electrons. The minimum atomic E-state index is -3.56. The molecule has 3 heterocycles. The van der Waals surface area contributed by atoms with Crippen LogP contribution in [0.25, 0.3) is 0 Å². The van der Waals surface area contributed by atoms with Gasteiger partial charge in [0.25, 0.3) is 5.91 Å². The zero-order valence-corrected chi connectivity index (χ0v) is 17.2. The van der Waals surface area contributed by atoms with Gasteiger partial charge >= 0.3 is 0 Å². The number of sulfonamides is 1. The van der Waals surface area contributed by atoms with Crippen LogP contribution in [0.2, 0.25) is 0 Å². The number of carbonyl (C=O) groups excluding carboxylic acids is 2. The minimum Gasteiger partial charge on any atom is -0.381 e. The molecule has 3 rings (SSSR count). The Balaban J connectivity index is 1.84. The summed E-state index contributed by atoms with van der Waals surface area (Å²) < 4.78 is 32.9. The fourth-order valence-corrected chi connectivity index (χ4v) is 4.61. The molecule has 1 aromatic rings. The first kappa shape index (κ1) is 20.7. The first-order valence-electron chi connectivity index (χ1n) is 9.33. The van der Waals surface area contributed by atoms with Crippen molar-refractivity contribution >= 4 is 21.8 Å². The predicted octanol–water partition coefficient (Wildman–Crippen LogP) is -0.750. The van der Waals surface area contributed by atoms with Gasteiger partial charge in [-0.1, -0.05) is 0 Å². The molecule has 2 saturated heterocycles. The van der Waals surface area contributed by atoms with Gasteiger partial charge in [0.05, 0.1) is 23.6 Å². The average Bonchev–Trinajstić information content (AvgIpc) is 2.94. The molecule has 2 aliphatic rings. The van der Waals surface area contributed by atoms with Crippen LogP contribution in [0.3, 0.4) is 0 Å². The van der Waals surface area contributed by atoms with Crippen LogP contribution in [0.15, 0.2) is 6.20 Å². The molecule has 0 aliphatic carbocycles. The van der Waals surface area contributed by atoms with Gasteiger partial charge in [0.1, 0.15) is 6.04 Å². The highest BCUT2D eigenvalue weighted by Gasteiger charge is 2.44. The molecule has 0 bridgehead atoms. The lowest BCUT2D eigenvalue weighted by Crippen LogP contribution is -2.58. The van der Waals surface area contributed by atoms with Crippen LogP contribution in [0, 0.1) is 6.92 Å². The summed E-state index contributed by atoms with van der Waals surface area (Å²) in [6, 6.07) is -0.992. The van der Waals surface area contributed by atoms with Gasteiger partial charge in [-0.05, 0) is 26.7 Å².